The fourth-order valence-corrected chi connectivity index (χ4v) is 5.17. The lowest BCUT2D eigenvalue weighted by Crippen LogP contribution is -2.54. The van der Waals surface area contributed by atoms with Gasteiger partial charge in [0.25, 0.3) is 0 Å². The maximum absolute atomic E-state index is 12.9. The van der Waals surface area contributed by atoms with Crippen LogP contribution in [0.15, 0.2) is 59.5 Å². The van der Waals surface area contributed by atoms with Crippen LogP contribution < -0.4 is 0 Å². The Morgan fingerprint density at radius 2 is 1.55 bits per heavy atom. The molecule has 1 atom stereocenters. The zero-order valence-corrected chi connectivity index (χ0v) is 19.0. The molecule has 0 bridgehead atoms. The minimum Gasteiger partial charge on any atom is -0.340 e. The number of likely N-dealkylation sites (N-methyl/N-ethyl adjacent to an activating group) is 1. The van der Waals surface area contributed by atoms with Crippen molar-refractivity contribution in [2.45, 2.75) is 31.3 Å². The number of hydrogen-bond acceptors (Lipinski definition) is 5. The highest BCUT2D eigenvalue weighted by Crippen LogP contribution is 2.20. The fraction of sp³-hybridized carbons (Fsp3) is 0.391. The number of sulfonamides is 1. The zero-order valence-electron chi connectivity index (χ0n) is 18.2. The van der Waals surface area contributed by atoms with Crippen LogP contribution in [0.5, 0.6) is 0 Å². The van der Waals surface area contributed by atoms with Gasteiger partial charge in [0.05, 0.1) is 10.9 Å². The molecule has 0 aromatic heterocycles. The first kappa shape index (κ1) is 23.1. The molecule has 0 saturated carbocycles. The topological polar surface area (TPSA) is 78.0 Å². The molecule has 166 valence electrons. The van der Waals surface area contributed by atoms with Crippen LogP contribution >= 0.6 is 0 Å². The molecule has 1 saturated heterocycles. The number of rotatable bonds is 7. The summed E-state index contributed by atoms with van der Waals surface area (Å²) >= 11 is 0. The van der Waals surface area contributed by atoms with Gasteiger partial charge in [0.15, 0.2) is 5.78 Å². The number of amides is 1. The molecule has 2 aromatic rings. The lowest BCUT2D eigenvalue weighted by molar-refractivity contribution is -0.136. The predicted molar refractivity (Wildman–Crippen MR) is 119 cm³/mol. The number of ketones is 1. The molecule has 1 aliphatic heterocycles. The Hall–Kier alpha value is -2.55. The smallest absolute Gasteiger partial charge is 0.243 e. The van der Waals surface area contributed by atoms with Gasteiger partial charge in [0.2, 0.25) is 15.9 Å². The Kier molecular flexibility index (Phi) is 7.25. The SMILES string of the molecule is CC(=O)c1ccc(S(=O)(=O)N2CCN(C(C)C(=O)N(C)Cc3ccccc3)CC2)cc1. The maximum atomic E-state index is 12.9. The van der Waals surface area contributed by atoms with Gasteiger partial charge in [-0.3, -0.25) is 14.5 Å². The van der Waals surface area contributed by atoms with E-state index in [-0.39, 0.29) is 22.6 Å². The third kappa shape index (κ3) is 5.39. The second kappa shape index (κ2) is 9.72. The summed E-state index contributed by atoms with van der Waals surface area (Å²) in [6.07, 6.45) is 0. The summed E-state index contributed by atoms with van der Waals surface area (Å²) < 4.78 is 27.3. The van der Waals surface area contributed by atoms with Crippen LogP contribution in [0.4, 0.5) is 0 Å². The van der Waals surface area contributed by atoms with Gasteiger partial charge in [-0.25, -0.2) is 8.42 Å². The van der Waals surface area contributed by atoms with E-state index in [0.29, 0.717) is 38.3 Å². The summed E-state index contributed by atoms with van der Waals surface area (Å²) in [5.74, 6) is -0.0894. The normalized spacial score (nSPS) is 16.6. The summed E-state index contributed by atoms with van der Waals surface area (Å²) in [5, 5.41) is 0. The Morgan fingerprint density at radius 3 is 2.10 bits per heavy atom. The fourth-order valence-electron chi connectivity index (χ4n) is 3.75. The minimum absolute atomic E-state index is 0.0139. The van der Waals surface area contributed by atoms with E-state index in [0.717, 1.165) is 5.56 Å². The molecule has 3 rings (SSSR count). The van der Waals surface area contributed by atoms with Crippen LogP contribution in [-0.4, -0.2) is 73.5 Å². The molecule has 1 amide bonds. The molecule has 1 aliphatic rings. The standard InChI is InChI=1S/C23H29N3O4S/c1-18(23(28)24(3)17-20-7-5-4-6-8-20)25-13-15-26(16-14-25)31(29,30)22-11-9-21(10-12-22)19(2)27/h4-12,18H,13-17H2,1-3H3. The van der Waals surface area contributed by atoms with Gasteiger partial charge in [-0.15, -0.1) is 0 Å². The van der Waals surface area contributed by atoms with Crippen molar-refractivity contribution in [2.24, 2.45) is 0 Å². The Balaban J connectivity index is 1.59. The molecule has 1 heterocycles. The van der Waals surface area contributed by atoms with E-state index in [2.05, 4.69) is 0 Å². The van der Waals surface area contributed by atoms with Crippen LogP contribution in [0.25, 0.3) is 0 Å². The Labute approximate surface area is 184 Å². The lowest BCUT2D eigenvalue weighted by Gasteiger charge is -2.37. The number of carbonyl (C=O) groups excluding carboxylic acids is 2. The van der Waals surface area contributed by atoms with E-state index < -0.39 is 10.0 Å². The minimum atomic E-state index is -3.63. The van der Waals surface area contributed by atoms with Gasteiger partial charge in [0, 0.05) is 45.3 Å². The van der Waals surface area contributed by atoms with E-state index in [1.54, 1.807) is 11.9 Å². The molecular weight excluding hydrogens is 414 g/mol. The summed E-state index contributed by atoms with van der Waals surface area (Å²) in [6.45, 7) is 5.45. The van der Waals surface area contributed by atoms with E-state index in [1.165, 1.54) is 35.5 Å². The first-order valence-corrected chi connectivity index (χ1v) is 11.8. The molecule has 7 nitrogen and oxygen atoms in total. The third-order valence-electron chi connectivity index (χ3n) is 5.72. The predicted octanol–water partition coefficient (Wildman–Crippen LogP) is 2.24. The molecule has 8 heteroatoms. The van der Waals surface area contributed by atoms with Gasteiger partial charge < -0.3 is 4.90 Å². The highest BCUT2D eigenvalue weighted by atomic mass is 32.2. The van der Waals surface area contributed by atoms with Crippen molar-refractivity contribution < 1.29 is 18.0 Å². The van der Waals surface area contributed by atoms with Crippen molar-refractivity contribution in [2.75, 3.05) is 33.2 Å². The highest BCUT2D eigenvalue weighted by molar-refractivity contribution is 7.89. The monoisotopic (exact) mass is 443 g/mol. The highest BCUT2D eigenvalue weighted by Gasteiger charge is 2.32. The second-order valence-electron chi connectivity index (χ2n) is 7.88. The first-order chi connectivity index (χ1) is 14.7. The van der Waals surface area contributed by atoms with Gasteiger partial charge in [-0.2, -0.15) is 4.31 Å². The van der Waals surface area contributed by atoms with Gasteiger partial charge >= 0.3 is 0 Å². The number of benzene rings is 2. The van der Waals surface area contributed by atoms with Crippen molar-refractivity contribution >= 4 is 21.7 Å². The number of carbonyl (C=O) groups is 2. The maximum Gasteiger partial charge on any atom is 0.243 e. The molecule has 0 N–H and O–H groups in total. The molecule has 1 fully saturated rings. The van der Waals surface area contributed by atoms with Gasteiger partial charge in [0.1, 0.15) is 0 Å². The summed E-state index contributed by atoms with van der Waals surface area (Å²) in [5.41, 5.74) is 1.55. The molecule has 0 spiro atoms. The van der Waals surface area contributed by atoms with Crippen molar-refractivity contribution in [1.29, 1.82) is 0 Å². The number of nitrogens with zero attached hydrogens (tertiary/aromatic N) is 3. The van der Waals surface area contributed by atoms with Crippen LogP contribution in [0.3, 0.4) is 0 Å². The number of piperazine rings is 1. The summed E-state index contributed by atoms with van der Waals surface area (Å²) in [4.78, 5) is 28.2. The second-order valence-corrected chi connectivity index (χ2v) is 9.81. The van der Waals surface area contributed by atoms with Gasteiger partial charge in [-0.1, -0.05) is 42.5 Å². The van der Waals surface area contributed by atoms with Gasteiger partial charge in [-0.05, 0) is 31.5 Å². The summed E-state index contributed by atoms with van der Waals surface area (Å²) in [6, 6.07) is 15.5. The molecule has 0 radical (unpaired) electrons. The average molecular weight is 444 g/mol. The van der Waals surface area contributed by atoms with Crippen molar-refractivity contribution in [3.8, 4) is 0 Å². The summed E-state index contributed by atoms with van der Waals surface area (Å²) in [7, 11) is -1.84. The average Bonchev–Trinajstić information content (AvgIpc) is 2.78. The molecule has 1 unspecified atom stereocenters. The number of Topliss-reactive ketones (excluding diaryl/α,β-unsaturated/α-hetero) is 1. The molecule has 31 heavy (non-hydrogen) atoms. The lowest BCUT2D eigenvalue weighted by atomic mass is 10.2. The molecule has 0 aliphatic carbocycles. The molecular formula is C23H29N3O4S. The number of hydrogen-bond donors (Lipinski definition) is 0. The van der Waals surface area contributed by atoms with Crippen LogP contribution in [0.2, 0.25) is 0 Å². The van der Waals surface area contributed by atoms with Crippen LogP contribution in [0.1, 0.15) is 29.8 Å². The Bertz CT molecular complexity index is 1010. The van der Waals surface area contributed by atoms with Crippen LogP contribution in [-0.2, 0) is 21.4 Å². The molecule has 2 aromatic carbocycles. The van der Waals surface area contributed by atoms with Crippen molar-refractivity contribution in [3.63, 3.8) is 0 Å². The van der Waals surface area contributed by atoms with E-state index in [9.17, 15) is 18.0 Å². The van der Waals surface area contributed by atoms with E-state index in [4.69, 9.17) is 0 Å². The largest absolute Gasteiger partial charge is 0.340 e. The van der Waals surface area contributed by atoms with E-state index in [1.807, 2.05) is 42.2 Å². The third-order valence-corrected chi connectivity index (χ3v) is 7.63. The van der Waals surface area contributed by atoms with Crippen molar-refractivity contribution in [3.05, 3.63) is 65.7 Å². The van der Waals surface area contributed by atoms with Crippen molar-refractivity contribution in [1.82, 2.24) is 14.1 Å². The Morgan fingerprint density at radius 1 is 0.968 bits per heavy atom. The van der Waals surface area contributed by atoms with Crippen LogP contribution in [0, 0.1) is 0 Å². The quantitative estimate of drug-likeness (QED) is 0.614. The first-order valence-electron chi connectivity index (χ1n) is 10.3. The van der Waals surface area contributed by atoms with E-state index >= 15 is 0 Å². The zero-order chi connectivity index (χ0) is 22.6.